The van der Waals surface area contributed by atoms with E-state index in [9.17, 15) is 9.59 Å². The van der Waals surface area contributed by atoms with Gasteiger partial charge >= 0.3 is 0 Å². The number of carbonyl (C=O) groups is 1. The van der Waals surface area contributed by atoms with Crippen LogP contribution in [0, 0.1) is 0 Å². The van der Waals surface area contributed by atoms with Crippen molar-refractivity contribution in [2.24, 2.45) is 0 Å². The minimum absolute atomic E-state index is 0.0811. The molecule has 0 fully saturated rings. The van der Waals surface area contributed by atoms with Crippen LogP contribution in [0.1, 0.15) is 50.7 Å². The van der Waals surface area contributed by atoms with Crippen molar-refractivity contribution in [3.05, 3.63) is 82.4 Å². The molecular formula is C26H27N3O2S. The van der Waals surface area contributed by atoms with E-state index in [0.29, 0.717) is 10.2 Å². The molecule has 0 saturated carbocycles. The van der Waals surface area contributed by atoms with Gasteiger partial charge in [0, 0.05) is 10.6 Å². The summed E-state index contributed by atoms with van der Waals surface area (Å²) in [5, 5.41) is 3.61. The molecule has 0 radical (unpaired) electrons. The van der Waals surface area contributed by atoms with Gasteiger partial charge in [-0.1, -0.05) is 76.2 Å². The molecule has 0 spiro atoms. The number of nitrogens with zero attached hydrogens (tertiary/aromatic N) is 2. The number of fused-ring (bicyclic) bond motifs is 1. The number of para-hydroxylation sites is 1. The molecule has 2 heterocycles. The van der Waals surface area contributed by atoms with Crippen LogP contribution in [0.15, 0.2) is 65.7 Å². The van der Waals surface area contributed by atoms with Gasteiger partial charge in [-0.15, -0.1) is 11.3 Å². The molecular weight excluding hydrogens is 418 g/mol. The van der Waals surface area contributed by atoms with Gasteiger partial charge in [-0.3, -0.25) is 14.2 Å². The highest BCUT2D eigenvalue weighted by molar-refractivity contribution is 7.21. The SMILES string of the molecule is CC(C)c1cccc(C(C)C)c1NC(=O)Cn1cnc2sc(-c3ccccc3)cc2c1=O. The average Bonchev–Trinajstić information content (AvgIpc) is 3.21. The summed E-state index contributed by atoms with van der Waals surface area (Å²) in [4.78, 5) is 32.1. The lowest BCUT2D eigenvalue weighted by Crippen LogP contribution is -2.28. The van der Waals surface area contributed by atoms with E-state index in [0.717, 1.165) is 27.3 Å². The predicted molar refractivity (Wildman–Crippen MR) is 133 cm³/mol. The number of hydrogen-bond acceptors (Lipinski definition) is 4. The summed E-state index contributed by atoms with van der Waals surface area (Å²) in [6.07, 6.45) is 1.47. The van der Waals surface area contributed by atoms with Crippen LogP contribution in [0.2, 0.25) is 0 Å². The quantitative estimate of drug-likeness (QED) is 0.395. The third-order valence-corrected chi connectivity index (χ3v) is 6.62. The van der Waals surface area contributed by atoms with Gasteiger partial charge in [-0.05, 0) is 34.6 Å². The molecule has 5 nitrogen and oxygen atoms in total. The normalized spacial score (nSPS) is 11.4. The van der Waals surface area contributed by atoms with Gasteiger partial charge in [0.05, 0.1) is 11.7 Å². The van der Waals surface area contributed by atoms with Gasteiger partial charge in [0.2, 0.25) is 5.91 Å². The Kier molecular flexibility index (Phi) is 6.24. The molecule has 1 amide bonds. The topological polar surface area (TPSA) is 64.0 Å². The Bertz CT molecular complexity index is 1290. The number of carbonyl (C=O) groups excluding carboxylic acids is 1. The predicted octanol–water partition coefficient (Wildman–Crippen LogP) is 6.01. The smallest absolute Gasteiger partial charge is 0.262 e. The van der Waals surface area contributed by atoms with Gasteiger partial charge < -0.3 is 5.32 Å². The molecule has 2 aromatic carbocycles. The highest BCUT2D eigenvalue weighted by atomic mass is 32.1. The first-order chi connectivity index (χ1) is 15.3. The van der Waals surface area contributed by atoms with Crippen LogP contribution in [-0.4, -0.2) is 15.5 Å². The fourth-order valence-electron chi connectivity index (χ4n) is 3.85. The van der Waals surface area contributed by atoms with Crippen molar-refractivity contribution < 1.29 is 4.79 Å². The van der Waals surface area contributed by atoms with Gasteiger partial charge in [0.15, 0.2) is 0 Å². The summed E-state index contributed by atoms with van der Waals surface area (Å²) >= 11 is 1.48. The van der Waals surface area contributed by atoms with Crippen LogP contribution in [0.25, 0.3) is 20.7 Å². The summed E-state index contributed by atoms with van der Waals surface area (Å²) < 4.78 is 1.38. The second kappa shape index (κ2) is 9.09. The monoisotopic (exact) mass is 445 g/mol. The number of hydrogen-bond donors (Lipinski definition) is 1. The highest BCUT2D eigenvalue weighted by Crippen LogP contribution is 2.33. The van der Waals surface area contributed by atoms with E-state index in [-0.39, 0.29) is 29.8 Å². The van der Waals surface area contributed by atoms with Crippen LogP contribution in [0.4, 0.5) is 5.69 Å². The summed E-state index contributed by atoms with van der Waals surface area (Å²) in [5.41, 5.74) is 3.88. The summed E-state index contributed by atoms with van der Waals surface area (Å²) in [6.45, 7) is 8.36. The van der Waals surface area contributed by atoms with Gasteiger partial charge in [0.1, 0.15) is 11.4 Å². The lowest BCUT2D eigenvalue weighted by atomic mass is 9.92. The molecule has 164 valence electrons. The fourth-order valence-corrected chi connectivity index (χ4v) is 4.84. The Morgan fingerprint density at radius 2 is 1.66 bits per heavy atom. The molecule has 0 aliphatic carbocycles. The number of nitrogens with one attached hydrogen (secondary N) is 1. The van der Waals surface area contributed by atoms with Crippen molar-refractivity contribution in [3.8, 4) is 10.4 Å². The summed E-state index contributed by atoms with van der Waals surface area (Å²) in [7, 11) is 0. The highest BCUT2D eigenvalue weighted by Gasteiger charge is 2.17. The maximum atomic E-state index is 13.1. The molecule has 0 saturated heterocycles. The Balaban J connectivity index is 1.63. The zero-order valence-corrected chi connectivity index (χ0v) is 19.6. The molecule has 0 aliphatic heterocycles. The minimum atomic E-state index is -0.234. The van der Waals surface area contributed by atoms with Gasteiger partial charge in [-0.25, -0.2) is 4.98 Å². The number of thiophene rings is 1. The standard InChI is InChI=1S/C26H27N3O2S/c1-16(2)19-11-8-12-20(17(3)4)24(19)28-23(30)14-29-15-27-25-21(26(29)31)13-22(32-25)18-9-6-5-7-10-18/h5-13,15-17H,14H2,1-4H3,(H,28,30). The van der Waals surface area contributed by atoms with Crippen LogP contribution in [0.5, 0.6) is 0 Å². The van der Waals surface area contributed by atoms with Crippen molar-refractivity contribution in [2.45, 2.75) is 46.1 Å². The van der Waals surface area contributed by atoms with Crippen molar-refractivity contribution in [3.63, 3.8) is 0 Å². The van der Waals surface area contributed by atoms with Gasteiger partial charge in [0.25, 0.3) is 5.56 Å². The van der Waals surface area contributed by atoms with Crippen LogP contribution in [0.3, 0.4) is 0 Å². The Labute approximate surface area is 191 Å². The third kappa shape index (κ3) is 4.36. The fraction of sp³-hybridized carbons (Fsp3) is 0.269. The van der Waals surface area contributed by atoms with Crippen LogP contribution in [-0.2, 0) is 11.3 Å². The molecule has 4 rings (SSSR count). The van der Waals surface area contributed by atoms with E-state index in [2.05, 4.69) is 38.0 Å². The molecule has 32 heavy (non-hydrogen) atoms. The third-order valence-electron chi connectivity index (χ3n) is 5.53. The zero-order chi connectivity index (χ0) is 22.8. The van der Waals surface area contributed by atoms with E-state index in [4.69, 9.17) is 0 Å². The number of amides is 1. The number of benzene rings is 2. The first kappa shape index (κ1) is 22.0. The van der Waals surface area contributed by atoms with E-state index < -0.39 is 0 Å². The zero-order valence-electron chi connectivity index (χ0n) is 18.8. The maximum absolute atomic E-state index is 13.1. The van der Waals surface area contributed by atoms with Crippen LogP contribution < -0.4 is 10.9 Å². The Morgan fingerprint density at radius 1 is 1.00 bits per heavy atom. The second-order valence-corrected chi connectivity index (χ2v) is 9.57. The van der Waals surface area contributed by atoms with E-state index in [1.807, 2.05) is 54.6 Å². The second-order valence-electron chi connectivity index (χ2n) is 8.54. The molecule has 2 aromatic heterocycles. The largest absolute Gasteiger partial charge is 0.324 e. The van der Waals surface area contributed by atoms with E-state index in [1.54, 1.807) is 0 Å². The first-order valence-corrected chi connectivity index (χ1v) is 11.6. The lowest BCUT2D eigenvalue weighted by molar-refractivity contribution is -0.116. The van der Waals surface area contributed by atoms with Gasteiger partial charge in [-0.2, -0.15) is 0 Å². The molecule has 0 bridgehead atoms. The van der Waals surface area contributed by atoms with Crippen molar-refractivity contribution in [1.82, 2.24) is 9.55 Å². The number of anilines is 1. The molecule has 0 aliphatic rings. The summed E-state index contributed by atoms with van der Waals surface area (Å²) in [5.74, 6) is 0.306. The van der Waals surface area contributed by atoms with Crippen molar-refractivity contribution in [2.75, 3.05) is 5.32 Å². The maximum Gasteiger partial charge on any atom is 0.262 e. The Hall–Kier alpha value is -3.25. The molecule has 1 N–H and O–H groups in total. The van der Waals surface area contributed by atoms with E-state index in [1.165, 1.54) is 22.2 Å². The molecule has 0 atom stereocenters. The lowest BCUT2D eigenvalue weighted by Gasteiger charge is -2.20. The first-order valence-electron chi connectivity index (χ1n) is 10.8. The average molecular weight is 446 g/mol. The number of rotatable bonds is 6. The van der Waals surface area contributed by atoms with Crippen molar-refractivity contribution in [1.29, 1.82) is 0 Å². The Morgan fingerprint density at radius 3 is 2.28 bits per heavy atom. The van der Waals surface area contributed by atoms with E-state index >= 15 is 0 Å². The number of aromatic nitrogens is 2. The molecule has 0 unspecified atom stereocenters. The molecule has 6 heteroatoms. The van der Waals surface area contributed by atoms with Crippen molar-refractivity contribution >= 4 is 33.1 Å². The minimum Gasteiger partial charge on any atom is -0.324 e. The van der Waals surface area contributed by atoms with Crippen LogP contribution >= 0.6 is 11.3 Å². The molecule has 4 aromatic rings. The summed E-state index contributed by atoms with van der Waals surface area (Å²) in [6, 6.07) is 17.9.